The van der Waals surface area contributed by atoms with Crippen LogP contribution in [0.25, 0.3) is 0 Å². The predicted molar refractivity (Wildman–Crippen MR) is 50.0 cm³/mol. The van der Waals surface area contributed by atoms with Gasteiger partial charge in [0.25, 0.3) is 0 Å². The van der Waals surface area contributed by atoms with E-state index in [-0.39, 0.29) is 0 Å². The first-order chi connectivity index (χ1) is 5.77. The van der Waals surface area contributed by atoms with Gasteiger partial charge in [-0.3, -0.25) is 0 Å². The number of ether oxygens (including phenoxy) is 1. The molecule has 0 amide bonds. The summed E-state index contributed by atoms with van der Waals surface area (Å²) in [7, 11) is 4.08. The minimum Gasteiger partial charge on any atom is -0.493 e. The summed E-state index contributed by atoms with van der Waals surface area (Å²) in [6, 6.07) is 6.38. The van der Waals surface area contributed by atoms with E-state index in [1.54, 1.807) is 0 Å². The van der Waals surface area contributed by atoms with E-state index in [0.717, 1.165) is 18.8 Å². The smallest absolute Gasteiger partial charge is 0.124 e. The maximum Gasteiger partial charge on any atom is 0.124 e. The van der Waals surface area contributed by atoms with Gasteiger partial charge in [0.1, 0.15) is 5.75 Å². The van der Waals surface area contributed by atoms with Crippen molar-refractivity contribution in [2.75, 3.05) is 25.6 Å². The van der Waals surface area contributed by atoms with E-state index >= 15 is 0 Å². The SMILES string of the molecule is CN(C)c1ccc2c(c1)OCC2. The van der Waals surface area contributed by atoms with Gasteiger partial charge in [0.05, 0.1) is 6.61 Å². The normalized spacial score (nSPS) is 13.8. The zero-order valence-electron chi connectivity index (χ0n) is 7.50. The summed E-state index contributed by atoms with van der Waals surface area (Å²) < 4.78 is 5.46. The van der Waals surface area contributed by atoms with E-state index in [4.69, 9.17) is 4.74 Å². The number of hydrogen-bond donors (Lipinski definition) is 0. The van der Waals surface area contributed by atoms with E-state index in [0.29, 0.717) is 0 Å². The van der Waals surface area contributed by atoms with Gasteiger partial charge in [-0.15, -0.1) is 0 Å². The van der Waals surface area contributed by atoms with E-state index < -0.39 is 0 Å². The van der Waals surface area contributed by atoms with Gasteiger partial charge in [-0.05, 0) is 11.6 Å². The van der Waals surface area contributed by atoms with E-state index in [2.05, 4.69) is 23.1 Å². The van der Waals surface area contributed by atoms with E-state index in [1.165, 1.54) is 11.3 Å². The van der Waals surface area contributed by atoms with Crippen molar-refractivity contribution in [3.63, 3.8) is 0 Å². The van der Waals surface area contributed by atoms with Crippen molar-refractivity contribution in [3.05, 3.63) is 23.8 Å². The predicted octanol–water partition coefficient (Wildman–Crippen LogP) is 1.69. The Labute approximate surface area is 72.8 Å². The molecule has 1 aliphatic heterocycles. The van der Waals surface area contributed by atoms with Crippen LogP contribution in [0.3, 0.4) is 0 Å². The lowest BCUT2D eigenvalue weighted by molar-refractivity contribution is 0.357. The molecular weight excluding hydrogens is 150 g/mol. The van der Waals surface area contributed by atoms with Crippen LogP contribution in [0.5, 0.6) is 5.75 Å². The van der Waals surface area contributed by atoms with Crippen LogP contribution < -0.4 is 9.64 Å². The van der Waals surface area contributed by atoms with Gasteiger partial charge in [-0.1, -0.05) is 6.07 Å². The molecule has 0 fully saturated rings. The molecule has 2 nitrogen and oxygen atoms in total. The summed E-state index contributed by atoms with van der Waals surface area (Å²) in [6.07, 6.45) is 1.06. The molecule has 0 bridgehead atoms. The van der Waals surface area contributed by atoms with Gasteiger partial charge < -0.3 is 9.64 Å². The Balaban J connectivity index is 2.39. The molecule has 64 valence electrons. The maximum atomic E-state index is 5.46. The van der Waals surface area contributed by atoms with Gasteiger partial charge in [0.15, 0.2) is 0 Å². The minimum atomic E-state index is 0.839. The Hall–Kier alpha value is -1.18. The lowest BCUT2D eigenvalue weighted by atomic mass is 10.1. The Morgan fingerprint density at radius 1 is 1.33 bits per heavy atom. The first-order valence-corrected chi connectivity index (χ1v) is 4.20. The van der Waals surface area contributed by atoms with Crippen molar-refractivity contribution >= 4 is 5.69 Å². The average molecular weight is 163 g/mol. The molecule has 0 saturated heterocycles. The molecule has 2 heteroatoms. The Bertz CT molecular complexity index is 294. The quantitative estimate of drug-likeness (QED) is 0.624. The van der Waals surface area contributed by atoms with Crippen LogP contribution in [0.1, 0.15) is 5.56 Å². The van der Waals surface area contributed by atoms with Gasteiger partial charge in [-0.25, -0.2) is 0 Å². The zero-order valence-corrected chi connectivity index (χ0v) is 7.50. The van der Waals surface area contributed by atoms with Crippen molar-refractivity contribution in [3.8, 4) is 5.75 Å². The number of rotatable bonds is 1. The number of hydrogen-bond acceptors (Lipinski definition) is 2. The summed E-state index contributed by atoms with van der Waals surface area (Å²) in [4.78, 5) is 2.09. The molecule has 1 aliphatic rings. The molecule has 1 heterocycles. The molecule has 0 aliphatic carbocycles. The summed E-state index contributed by atoms with van der Waals surface area (Å²) in [5, 5.41) is 0. The molecule has 0 saturated carbocycles. The second-order valence-corrected chi connectivity index (χ2v) is 3.28. The van der Waals surface area contributed by atoms with Gasteiger partial charge in [0, 0.05) is 32.3 Å². The largest absolute Gasteiger partial charge is 0.493 e. The third-order valence-corrected chi connectivity index (χ3v) is 2.20. The minimum absolute atomic E-state index is 0.839. The molecule has 0 unspecified atom stereocenters. The van der Waals surface area contributed by atoms with Crippen LogP contribution >= 0.6 is 0 Å². The summed E-state index contributed by atoms with van der Waals surface area (Å²) in [5.41, 5.74) is 2.54. The fraction of sp³-hybridized carbons (Fsp3) is 0.400. The number of fused-ring (bicyclic) bond motifs is 1. The summed E-state index contributed by atoms with van der Waals surface area (Å²) in [5.74, 6) is 1.06. The van der Waals surface area contributed by atoms with Crippen molar-refractivity contribution in [2.24, 2.45) is 0 Å². The zero-order chi connectivity index (χ0) is 8.55. The Morgan fingerprint density at radius 3 is 2.92 bits per heavy atom. The second-order valence-electron chi connectivity index (χ2n) is 3.28. The standard InChI is InChI=1S/C10H13NO/c1-11(2)9-4-3-8-5-6-12-10(8)7-9/h3-4,7H,5-6H2,1-2H3. The first kappa shape index (κ1) is 7.47. The Kier molecular flexibility index (Phi) is 1.68. The summed E-state index contributed by atoms with van der Waals surface area (Å²) >= 11 is 0. The molecule has 1 aromatic rings. The molecule has 12 heavy (non-hydrogen) atoms. The first-order valence-electron chi connectivity index (χ1n) is 4.20. The van der Waals surface area contributed by atoms with Crippen LogP contribution in [-0.4, -0.2) is 20.7 Å². The highest BCUT2D eigenvalue weighted by atomic mass is 16.5. The van der Waals surface area contributed by atoms with Crippen LogP contribution in [0.15, 0.2) is 18.2 Å². The van der Waals surface area contributed by atoms with Gasteiger partial charge in [0.2, 0.25) is 0 Å². The molecule has 0 atom stereocenters. The molecule has 0 N–H and O–H groups in total. The van der Waals surface area contributed by atoms with Crippen LogP contribution in [0.2, 0.25) is 0 Å². The number of benzene rings is 1. The van der Waals surface area contributed by atoms with E-state index in [1.807, 2.05) is 14.1 Å². The fourth-order valence-corrected chi connectivity index (χ4v) is 1.43. The molecule has 0 spiro atoms. The fourth-order valence-electron chi connectivity index (χ4n) is 1.43. The topological polar surface area (TPSA) is 12.5 Å². The van der Waals surface area contributed by atoms with Gasteiger partial charge in [-0.2, -0.15) is 0 Å². The summed E-state index contributed by atoms with van der Waals surface area (Å²) in [6.45, 7) is 0.839. The second kappa shape index (κ2) is 2.70. The lowest BCUT2D eigenvalue weighted by Gasteiger charge is -2.12. The highest BCUT2D eigenvalue weighted by Crippen LogP contribution is 2.28. The molecular formula is C10H13NO. The third-order valence-electron chi connectivity index (χ3n) is 2.20. The van der Waals surface area contributed by atoms with Gasteiger partial charge >= 0.3 is 0 Å². The average Bonchev–Trinajstić information content (AvgIpc) is 2.49. The number of anilines is 1. The van der Waals surface area contributed by atoms with Crippen LogP contribution in [0, 0.1) is 0 Å². The maximum absolute atomic E-state index is 5.46. The van der Waals surface area contributed by atoms with Crippen LogP contribution in [0.4, 0.5) is 5.69 Å². The Morgan fingerprint density at radius 2 is 2.17 bits per heavy atom. The molecule has 2 rings (SSSR count). The van der Waals surface area contributed by atoms with Crippen molar-refractivity contribution in [2.45, 2.75) is 6.42 Å². The number of nitrogens with zero attached hydrogens (tertiary/aromatic N) is 1. The van der Waals surface area contributed by atoms with E-state index in [9.17, 15) is 0 Å². The molecule has 0 aromatic heterocycles. The van der Waals surface area contributed by atoms with Crippen molar-refractivity contribution in [1.82, 2.24) is 0 Å². The van der Waals surface area contributed by atoms with Crippen molar-refractivity contribution in [1.29, 1.82) is 0 Å². The molecule has 1 aromatic carbocycles. The lowest BCUT2D eigenvalue weighted by Crippen LogP contribution is -2.08. The van der Waals surface area contributed by atoms with Crippen LogP contribution in [-0.2, 0) is 6.42 Å². The highest BCUT2D eigenvalue weighted by Gasteiger charge is 2.11. The monoisotopic (exact) mass is 163 g/mol. The third kappa shape index (κ3) is 1.13. The molecule has 0 radical (unpaired) electrons. The highest BCUT2D eigenvalue weighted by molar-refractivity contribution is 5.53. The van der Waals surface area contributed by atoms with Crippen molar-refractivity contribution < 1.29 is 4.74 Å².